The lowest BCUT2D eigenvalue weighted by Crippen LogP contribution is -2.09. The van der Waals surface area contributed by atoms with E-state index in [4.69, 9.17) is 17.3 Å². The van der Waals surface area contributed by atoms with Crippen LogP contribution in [0.1, 0.15) is 24.1 Å². The fraction of sp³-hybridized carbons (Fsp3) is 0.333. The summed E-state index contributed by atoms with van der Waals surface area (Å²) < 4.78 is 36.8. The van der Waals surface area contributed by atoms with Crippen molar-refractivity contribution in [2.45, 2.75) is 19.1 Å². The first kappa shape index (κ1) is 11.3. The van der Waals surface area contributed by atoms with Crippen molar-refractivity contribution < 1.29 is 13.2 Å². The zero-order valence-electron chi connectivity index (χ0n) is 7.40. The molecule has 0 spiro atoms. The smallest absolute Gasteiger partial charge is 0.324 e. The van der Waals surface area contributed by atoms with E-state index in [0.717, 1.165) is 6.07 Å². The highest BCUT2D eigenvalue weighted by Crippen LogP contribution is 2.35. The van der Waals surface area contributed by atoms with Gasteiger partial charge in [0.2, 0.25) is 0 Å². The molecule has 5 heteroatoms. The van der Waals surface area contributed by atoms with Gasteiger partial charge in [0.25, 0.3) is 0 Å². The number of rotatable bonds is 1. The Morgan fingerprint density at radius 3 is 2.29 bits per heavy atom. The van der Waals surface area contributed by atoms with Crippen molar-refractivity contribution >= 4 is 11.6 Å². The molecule has 1 aromatic carbocycles. The Morgan fingerprint density at radius 2 is 1.93 bits per heavy atom. The fourth-order valence-corrected chi connectivity index (χ4v) is 1.34. The molecule has 2 N–H and O–H groups in total. The maximum absolute atomic E-state index is 12.3. The van der Waals surface area contributed by atoms with Gasteiger partial charge in [0.15, 0.2) is 0 Å². The summed E-state index contributed by atoms with van der Waals surface area (Å²) in [6, 6.07) is 3.20. The maximum Gasteiger partial charge on any atom is 0.417 e. The van der Waals surface area contributed by atoms with Crippen molar-refractivity contribution in [3.8, 4) is 0 Å². The summed E-state index contributed by atoms with van der Waals surface area (Å²) in [5, 5.41) is -0.313. The zero-order chi connectivity index (χ0) is 10.9. The van der Waals surface area contributed by atoms with Gasteiger partial charge in [-0.2, -0.15) is 13.2 Å². The Bertz CT molecular complexity index is 333. The van der Waals surface area contributed by atoms with E-state index in [1.807, 2.05) is 0 Å². The molecule has 1 rings (SSSR count). The highest BCUT2D eigenvalue weighted by molar-refractivity contribution is 6.31. The van der Waals surface area contributed by atoms with Crippen molar-refractivity contribution in [2.75, 3.05) is 0 Å². The lowest BCUT2D eigenvalue weighted by atomic mass is 10.1. The Balaban J connectivity index is 3.15. The van der Waals surface area contributed by atoms with E-state index in [1.54, 1.807) is 6.92 Å². The monoisotopic (exact) mass is 223 g/mol. The van der Waals surface area contributed by atoms with E-state index in [0.29, 0.717) is 5.56 Å². The van der Waals surface area contributed by atoms with Crippen LogP contribution in [0.15, 0.2) is 18.2 Å². The number of nitrogens with two attached hydrogens (primary N) is 1. The summed E-state index contributed by atoms with van der Waals surface area (Å²) in [5.41, 5.74) is 5.26. The second-order valence-electron chi connectivity index (χ2n) is 3.03. The van der Waals surface area contributed by atoms with Gasteiger partial charge in [-0.1, -0.05) is 17.7 Å². The summed E-state index contributed by atoms with van der Waals surface area (Å²) in [5.74, 6) is 0. The summed E-state index contributed by atoms with van der Waals surface area (Å²) in [6.45, 7) is 1.68. The first-order chi connectivity index (χ1) is 6.32. The van der Waals surface area contributed by atoms with Crippen LogP contribution in [0.5, 0.6) is 0 Å². The van der Waals surface area contributed by atoms with Crippen molar-refractivity contribution in [3.63, 3.8) is 0 Å². The number of hydrogen-bond acceptors (Lipinski definition) is 1. The van der Waals surface area contributed by atoms with Crippen LogP contribution in [-0.2, 0) is 6.18 Å². The third-order valence-corrected chi connectivity index (χ3v) is 2.14. The topological polar surface area (TPSA) is 26.0 Å². The van der Waals surface area contributed by atoms with Crippen LogP contribution in [0, 0.1) is 0 Å². The molecular formula is C9H9ClF3N. The second kappa shape index (κ2) is 3.79. The molecule has 0 aliphatic rings. The van der Waals surface area contributed by atoms with Gasteiger partial charge < -0.3 is 5.73 Å². The van der Waals surface area contributed by atoms with E-state index < -0.39 is 11.7 Å². The zero-order valence-corrected chi connectivity index (χ0v) is 8.15. The molecule has 1 nitrogen and oxygen atoms in total. The van der Waals surface area contributed by atoms with Gasteiger partial charge in [0.1, 0.15) is 0 Å². The number of halogens is 4. The highest BCUT2D eigenvalue weighted by Gasteiger charge is 2.33. The van der Waals surface area contributed by atoms with Crippen molar-refractivity contribution in [2.24, 2.45) is 5.73 Å². The quantitative estimate of drug-likeness (QED) is 0.776. The van der Waals surface area contributed by atoms with Crippen LogP contribution in [0.3, 0.4) is 0 Å². The molecule has 0 saturated heterocycles. The Morgan fingerprint density at radius 1 is 1.36 bits per heavy atom. The SMILES string of the molecule is C[C@@H](N)c1ccc(C(F)(F)F)c(Cl)c1. The van der Waals surface area contributed by atoms with Crippen LogP contribution in [0.2, 0.25) is 5.02 Å². The third kappa shape index (κ3) is 2.39. The molecule has 0 heterocycles. The predicted molar refractivity (Wildman–Crippen MR) is 49.1 cm³/mol. The fourth-order valence-electron chi connectivity index (χ4n) is 1.04. The van der Waals surface area contributed by atoms with Gasteiger partial charge in [0.05, 0.1) is 10.6 Å². The molecule has 0 aliphatic carbocycles. The molecule has 14 heavy (non-hydrogen) atoms. The van der Waals surface area contributed by atoms with E-state index in [2.05, 4.69) is 0 Å². The average molecular weight is 224 g/mol. The standard InChI is InChI=1S/C9H9ClF3N/c1-5(14)6-2-3-7(8(10)4-6)9(11,12)13/h2-5H,14H2,1H3/t5-/m1/s1. The molecule has 0 radical (unpaired) electrons. The molecule has 0 aliphatic heterocycles. The molecule has 0 bridgehead atoms. The van der Waals surface area contributed by atoms with Gasteiger partial charge in [-0.05, 0) is 24.6 Å². The molecule has 0 amide bonds. The maximum atomic E-state index is 12.3. The van der Waals surface area contributed by atoms with Gasteiger partial charge >= 0.3 is 6.18 Å². The molecule has 1 aromatic rings. The Hall–Kier alpha value is -0.740. The molecule has 0 fully saturated rings. The summed E-state index contributed by atoms with van der Waals surface area (Å²) >= 11 is 5.48. The highest BCUT2D eigenvalue weighted by atomic mass is 35.5. The lowest BCUT2D eigenvalue weighted by molar-refractivity contribution is -0.137. The normalized spacial score (nSPS) is 14.1. The molecule has 1 atom stereocenters. The van der Waals surface area contributed by atoms with E-state index in [9.17, 15) is 13.2 Å². The Kier molecular flexibility index (Phi) is 3.07. The van der Waals surface area contributed by atoms with Gasteiger partial charge in [-0.25, -0.2) is 0 Å². The molecule has 0 aromatic heterocycles. The van der Waals surface area contributed by atoms with Crippen LogP contribution >= 0.6 is 11.6 Å². The summed E-state index contributed by atoms with van der Waals surface area (Å²) in [7, 11) is 0. The molecular weight excluding hydrogens is 215 g/mol. The first-order valence-electron chi connectivity index (χ1n) is 3.94. The molecule has 0 saturated carbocycles. The van der Waals surface area contributed by atoms with E-state index in [1.165, 1.54) is 12.1 Å². The molecule has 78 valence electrons. The predicted octanol–water partition coefficient (Wildman–Crippen LogP) is 3.38. The third-order valence-electron chi connectivity index (χ3n) is 1.82. The van der Waals surface area contributed by atoms with Crippen molar-refractivity contribution in [1.29, 1.82) is 0 Å². The molecule has 0 unspecified atom stereocenters. The van der Waals surface area contributed by atoms with Gasteiger partial charge in [-0.15, -0.1) is 0 Å². The minimum atomic E-state index is -4.41. The van der Waals surface area contributed by atoms with Crippen LogP contribution in [0.25, 0.3) is 0 Å². The van der Waals surface area contributed by atoms with Crippen molar-refractivity contribution in [3.05, 3.63) is 34.3 Å². The minimum absolute atomic E-state index is 0.313. The largest absolute Gasteiger partial charge is 0.417 e. The lowest BCUT2D eigenvalue weighted by Gasteiger charge is -2.11. The van der Waals surface area contributed by atoms with E-state index in [-0.39, 0.29) is 11.1 Å². The van der Waals surface area contributed by atoms with Crippen LogP contribution in [0.4, 0.5) is 13.2 Å². The number of benzene rings is 1. The van der Waals surface area contributed by atoms with Crippen LogP contribution in [-0.4, -0.2) is 0 Å². The second-order valence-corrected chi connectivity index (χ2v) is 3.43. The summed E-state index contributed by atoms with van der Waals surface area (Å²) in [6.07, 6.45) is -4.41. The first-order valence-corrected chi connectivity index (χ1v) is 4.32. The number of hydrogen-bond donors (Lipinski definition) is 1. The van der Waals surface area contributed by atoms with Gasteiger partial charge in [0, 0.05) is 6.04 Å². The van der Waals surface area contributed by atoms with Crippen LogP contribution < -0.4 is 5.73 Å². The minimum Gasteiger partial charge on any atom is -0.324 e. The van der Waals surface area contributed by atoms with Gasteiger partial charge in [-0.3, -0.25) is 0 Å². The average Bonchev–Trinajstić information content (AvgIpc) is 2.01. The Labute approximate surface area is 84.7 Å². The van der Waals surface area contributed by atoms with Crippen molar-refractivity contribution in [1.82, 2.24) is 0 Å². The van der Waals surface area contributed by atoms with E-state index >= 15 is 0 Å². The summed E-state index contributed by atoms with van der Waals surface area (Å²) in [4.78, 5) is 0. The number of alkyl halides is 3.